The number of rotatable bonds is 10. The molecule has 39 heavy (non-hydrogen) atoms. The molecule has 11 nitrogen and oxygen atoms in total. The molecular formula is C27H36FNO10. The number of aliphatic hydroxyl groups is 3. The molecular weight excluding hydrogens is 517 g/mol. The minimum atomic E-state index is -2.20. The summed E-state index contributed by atoms with van der Waals surface area (Å²) in [4.78, 5) is 52.7. The predicted molar refractivity (Wildman–Crippen MR) is 132 cm³/mol. The summed E-state index contributed by atoms with van der Waals surface area (Å²) in [6.07, 6.45) is 2.14. The SMILES string of the molecule is C[C@]12C=CC(=O)C=C1CCC1C3C[C@@H](O)[C@](OC(=O)CCCCCO[N+](=O)[O-])(C(=O)CO)[C@@]3(C)C[C@H](O)[C@@]12F. The van der Waals surface area contributed by atoms with Gasteiger partial charge in [0.2, 0.25) is 11.4 Å². The first-order valence-electron chi connectivity index (χ1n) is 13.4. The molecule has 0 heterocycles. The van der Waals surface area contributed by atoms with Crippen molar-refractivity contribution in [1.82, 2.24) is 0 Å². The second-order valence-corrected chi connectivity index (χ2v) is 11.7. The summed E-state index contributed by atoms with van der Waals surface area (Å²) in [7, 11) is 0. The van der Waals surface area contributed by atoms with Crippen LogP contribution in [0.5, 0.6) is 0 Å². The molecule has 8 atom stereocenters. The fourth-order valence-corrected chi connectivity index (χ4v) is 7.99. The van der Waals surface area contributed by atoms with Crippen molar-refractivity contribution < 1.29 is 48.8 Å². The molecule has 0 amide bonds. The second-order valence-electron chi connectivity index (χ2n) is 11.7. The van der Waals surface area contributed by atoms with Crippen molar-refractivity contribution in [2.24, 2.45) is 22.7 Å². The number of unbranched alkanes of at least 4 members (excludes halogenated alkanes) is 2. The van der Waals surface area contributed by atoms with Gasteiger partial charge in [-0.1, -0.05) is 25.0 Å². The van der Waals surface area contributed by atoms with E-state index in [4.69, 9.17) is 4.74 Å². The number of ether oxygens (including phenoxy) is 1. The van der Waals surface area contributed by atoms with Crippen LogP contribution in [0.25, 0.3) is 0 Å². The molecule has 4 rings (SSSR count). The molecule has 4 aliphatic rings. The quantitative estimate of drug-likeness (QED) is 0.157. The van der Waals surface area contributed by atoms with Gasteiger partial charge in [-0.05, 0) is 63.5 Å². The Morgan fingerprint density at radius 3 is 2.56 bits per heavy atom. The zero-order chi connectivity index (χ0) is 28.8. The highest BCUT2D eigenvalue weighted by atomic mass is 19.1. The van der Waals surface area contributed by atoms with Crippen LogP contribution in [0.4, 0.5) is 4.39 Å². The largest absolute Gasteiger partial charge is 0.447 e. The van der Waals surface area contributed by atoms with Crippen LogP contribution in [0.1, 0.15) is 65.2 Å². The summed E-state index contributed by atoms with van der Waals surface area (Å²) < 4.78 is 23.0. The van der Waals surface area contributed by atoms with E-state index in [1.54, 1.807) is 13.8 Å². The van der Waals surface area contributed by atoms with Gasteiger partial charge in [-0.15, -0.1) is 10.1 Å². The number of halogens is 1. The van der Waals surface area contributed by atoms with E-state index in [0.717, 1.165) is 0 Å². The summed E-state index contributed by atoms with van der Waals surface area (Å²) in [6, 6.07) is 0. The molecule has 0 bridgehead atoms. The van der Waals surface area contributed by atoms with Crippen molar-refractivity contribution in [3.8, 4) is 0 Å². The Morgan fingerprint density at radius 2 is 1.90 bits per heavy atom. The Labute approximate surface area is 225 Å². The molecule has 0 aliphatic heterocycles. The maximum absolute atomic E-state index is 17.3. The molecule has 3 N–H and O–H groups in total. The van der Waals surface area contributed by atoms with Gasteiger partial charge in [0.15, 0.2) is 11.5 Å². The average Bonchev–Trinajstić information content (AvgIpc) is 3.08. The maximum Gasteiger partial charge on any atom is 0.306 e. The third-order valence-corrected chi connectivity index (χ3v) is 9.88. The first kappa shape index (κ1) is 29.3. The molecule has 0 radical (unpaired) electrons. The number of nitrogens with zero attached hydrogens (tertiary/aromatic N) is 1. The normalized spacial score (nSPS) is 40.7. The molecule has 0 aromatic rings. The Hall–Kier alpha value is -2.70. The molecule has 0 saturated heterocycles. The summed E-state index contributed by atoms with van der Waals surface area (Å²) in [5, 5.41) is 42.0. The lowest BCUT2D eigenvalue weighted by Gasteiger charge is -2.62. The molecule has 216 valence electrons. The Bertz CT molecular complexity index is 1110. The Morgan fingerprint density at radius 1 is 1.18 bits per heavy atom. The third kappa shape index (κ3) is 4.31. The van der Waals surface area contributed by atoms with E-state index in [0.29, 0.717) is 24.8 Å². The molecule has 4 aliphatic carbocycles. The molecule has 0 aromatic carbocycles. The zero-order valence-electron chi connectivity index (χ0n) is 22.1. The van der Waals surface area contributed by atoms with E-state index >= 15 is 4.39 Å². The number of hydrogen-bond donors (Lipinski definition) is 3. The van der Waals surface area contributed by atoms with Crippen molar-refractivity contribution in [3.05, 3.63) is 33.9 Å². The van der Waals surface area contributed by atoms with Crippen LogP contribution in [0.3, 0.4) is 0 Å². The number of ketones is 2. The lowest BCUT2D eigenvalue weighted by molar-refractivity contribution is -0.757. The van der Waals surface area contributed by atoms with Crippen LogP contribution in [0.15, 0.2) is 23.8 Å². The van der Waals surface area contributed by atoms with Gasteiger partial charge in [0, 0.05) is 23.2 Å². The number of carbonyl (C=O) groups excluding carboxylic acids is 3. The summed E-state index contributed by atoms with van der Waals surface area (Å²) in [5.41, 5.74) is -6.45. The number of carbonyl (C=O) groups is 3. The minimum Gasteiger partial charge on any atom is -0.447 e. The number of Topliss-reactive ketones (excluding diaryl/α,β-unsaturated/α-hetero) is 1. The molecule has 2 unspecified atom stereocenters. The number of hydrogen-bond acceptors (Lipinski definition) is 10. The average molecular weight is 554 g/mol. The number of aliphatic hydroxyl groups excluding tert-OH is 3. The van der Waals surface area contributed by atoms with Crippen LogP contribution >= 0.6 is 0 Å². The van der Waals surface area contributed by atoms with Crippen LogP contribution in [-0.2, 0) is 24.0 Å². The molecule has 3 saturated carbocycles. The van der Waals surface area contributed by atoms with Crippen LogP contribution < -0.4 is 0 Å². The first-order chi connectivity index (χ1) is 18.3. The van der Waals surface area contributed by atoms with E-state index in [1.165, 1.54) is 18.2 Å². The smallest absolute Gasteiger partial charge is 0.306 e. The van der Waals surface area contributed by atoms with Gasteiger partial charge in [-0.3, -0.25) is 14.4 Å². The molecule has 0 aromatic heterocycles. The Kier molecular flexibility index (Phi) is 7.78. The number of fused-ring (bicyclic) bond motifs is 5. The fourth-order valence-electron chi connectivity index (χ4n) is 7.99. The molecule has 3 fully saturated rings. The topological polar surface area (TPSA) is 173 Å². The summed E-state index contributed by atoms with van der Waals surface area (Å²) in [6.45, 7) is 2.09. The van der Waals surface area contributed by atoms with Gasteiger partial charge < -0.3 is 24.9 Å². The fraction of sp³-hybridized carbons (Fsp3) is 0.741. The van der Waals surface area contributed by atoms with Crippen molar-refractivity contribution >= 4 is 17.5 Å². The highest BCUT2D eigenvalue weighted by Crippen LogP contribution is 2.70. The van der Waals surface area contributed by atoms with E-state index in [1.807, 2.05) is 0 Å². The highest BCUT2D eigenvalue weighted by Gasteiger charge is 2.77. The number of esters is 1. The number of allylic oxidation sites excluding steroid dienone is 4. The van der Waals surface area contributed by atoms with Gasteiger partial charge >= 0.3 is 5.97 Å². The van der Waals surface area contributed by atoms with Crippen molar-refractivity contribution in [1.29, 1.82) is 0 Å². The maximum atomic E-state index is 17.3. The standard InChI is InChI=1S/C27H36FNO10/c1-24-10-9-17(31)12-16(24)7-8-18-19-13-20(32)27(22(34)15-30,25(19,2)14-21(33)26(18,24)28)39-23(35)6-4-3-5-11-38-29(36)37/h9-10,12,18-21,30,32-33H,3-8,11,13-15H2,1-2H3/t18?,19?,20-,21+,24+,25+,26+,27+/m1/s1. The predicted octanol–water partition coefficient (Wildman–Crippen LogP) is 1.94. The van der Waals surface area contributed by atoms with Crippen molar-refractivity contribution in [2.75, 3.05) is 13.2 Å². The van der Waals surface area contributed by atoms with Crippen molar-refractivity contribution in [3.63, 3.8) is 0 Å². The van der Waals surface area contributed by atoms with Crippen LogP contribution in [0.2, 0.25) is 0 Å². The first-order valence-corrected chi connectivity index (χ1v) is 13.4. The van der Waals surface area contributed by atoms with Gasteiger partial charge in [-0.25, -0.2) is 4.39 Å². The lowest BCUT2D eigenvalue weighted by Crippen LogP contribution is -2.70. The van der Waals surface area contributed by atoms with Crippen molar-refractivity contribution in [2.45, 2.75) is 88.7 Å². The number of alkyl halides is 1. The molecule has 12 heteroatoms. The second kappa shape index (κ2) is 10.4. The zero-order valence-corrected chi connectivity index (χ0v) is 22.1. The van der Waals surface area contributed by atoms with Gasteiger partial charge in [0.05, 0.1) is 12.7 Å². The monoisotopic (exact) mass is 553 g/mol. The summed E-state index contributed by atoms with van der Waals surface area (Å²) in [5.74, 6) is -3.48. The van der Waals surface area contributed by atoms with E-state index < -0.39 is 69.6 Å². The van der Waals surface area contributed by atoms with Gasteiger partial charge in [0.25, 0.3) is 5.09 Å². The van der Waals surface area contributed by atoms with Gasteiger partial charge in [-0.2, -0.15) is 0 Å². The minimum absolute atomic E-state index is 0.0748. The van der Waals surface area contributed by atoms with Gasteiger partial charge in [0.1, 0.15) is 12.7 Å². The third-order valence-electron chi connectivity index (χ3n) is 9.88. The Balaban J connectivity index is 1.61. The summed E-state index contributed by atoms with van der Waals surface area (Å²) >= 11 is 0. The lowest BCUT2D eigenvalue weighted by atomic mass is 9.44. The van der Waals surface area contributed by atoms with Crippen LogP contribution in [-0.4, -0.2) is 74.6 Å². The molecule has 0 spiro atoms. The van der Waals surface area contributed by atoms with E-state index in [9.17, 15) is 39.8 Å². The van der Waals surface area contributed by atoms with E-state index in [-0.39, 0.29) is 44.5 Å². The highest BCUT2D eigenvalue weighted by molar-refractivity contribution is 6.01. The van der Waals surface area contributed by atoms with Crippen LogP contribution in [0, 0.1) is 32.8 Å². The van der Waals surface area contributed by atoms with E-state index in [2.05, 4.69) is 4.84 Å².